The third-order valence-corrected chi connectivity index (χ3v) is 6.37. The van der Waals surface area contributed by atoms with Gasteiger partial charge < -0.3 is 5.32 Å². The van der Waals surface area contributed by atoms with E-state index in [0.29, 0.717) is 18.7 Å². The first-order valence-electron chi connectivity index (χ1n) is 8.46. The van der Waals surface area contributed by atoms with Crippen LogP contribution in [0.15, 0.2) is 42.5 Å². The molecule has 0 saturated carbocycles. The molecular formula is C18H19N3O5S. The van der Waals surface area contributed by atoms with E-state index in [2.05, 4.69) is 5.32 Å². The number of amides is 1. The van der Waals surface area contributed by atoms with Gasteiger partial charge in [-0.05, 0) is 42.7 Å². The van der Waals surface area contributed by atoms with Gasteiger partial charge >= 0.3 is 0 Å². The molecule has 1 aliphatic rings. The predicted molar refractivity (Wildman–Crippen MR) is 101 cm³/mol. The highest BCUT2D eigenvalue weighted by Gasteiger charge is 2.26. The van der Waals surface area contributed by atoms with Crippen molar-refractivity contribution in [3.8, 4) is 0 Å². The number of carbonyl (C=O) groups excluding carboxylic acids is 1. The van der Waals surface area contributed by atoms with Crippen molar-refractivity contribution >= 4 is 27.3 Å². The van der Waals surface area contributed by atoms with Crippen molar-refractivity contribution in [2.75, 3.05) is 17.6 Å². The first-order chi connectivity index (χ1) is 12.8. The molecule has 0 atom stereocenters. The molecule has 1 amide bonds. The Morgan fingerprint density at radius 2 is 1.96 bits per heavy atom. The van der Waals surface area contributed by atoms with E-state index in [1.807, 2.05) is 6.07 Å². The molecule has 0 unspecified atom stereocenters. The van der Waals surface area contributed by atoms with Crippen molar-refractivity contribution in [1.82, 2.24) is 4.31 Å². The first kappa shape index (κ1) is 19.0. The third-order valence-electron chi connectivity index (χ3n) is 4.54. The Hall–Kier alpha value is -2.78. The maximum atomic E-state index is 12.5. The van der Waals surface area contributed by atoms with Gasteiger partial charge in [0.05, 0.1) is 10.7 Å². The smallest absolute Gasteiger partial charge is 0.282 e. The highest BCUT2D eigenvalue weighted by molar-refractivity contribution is 7.89. The van der Waals surface area contributed by atoms with E-state index in [4.69, 9.17) is 0 Å². The summed E-state index contributed by atoms with van der Waals surface area (Å²) < 4.78 is 25.6. The number of nitrogens with zero attached hydrogens (tertiary/aromatic N) is 2. The Morgan fingerprint density at radius 1 is 1.22 bits per heavy atom. The van der Waals surface area contributed by atoms with Crippen molar-refractivity contribution in [1.29, 1.82) is 0 Å². The number of anilines is 1. The van der Waals surface area contributed by atoms with Crippen LogP contribution in [0.25, 0.3) is 0 Å². The SMILES string of the molecule is CCS(=O)(=O)N1CCc2ccc(NC(=O)c3ccccc3[N+](=O)[O-])cc2C1. The molecule has 0 saturated heterocycles. The second kappa shape index (κ2) is 7.45. The number of nitrogens with one attached hydrogen (secondary N) is 1. The predicted octanol–water partition coefficient (Wildman–Crippen LogP) is 2.55. The Labute approximate surface area is 157 Å². The molecule has 0 aliphatic carbocycles. The van der Waals surface area contributed by atoms with Crippen LogP contribution in [0.5, 0.6) is 0 Å². The zero-order valence-corrected chi connectivity index (χ0v) is 15.5. The van der Waals surface area contributed by atoms with E-state index in [1.54, 1.807) is 25.1 Å². The van der Waals surface area contributed by atoms with Gasteiger partial charge in [-0.1, -0.05) is 18.2 Å². The summed E-state index contributed by atoms with van der Waals surface area (Å²) in [6.07, 6.45) is 0.604. The fourth-order valence-electron chi connectivity index (χ4n) is 3.05. The molecule has 1 N–H and O–H groups in total. The fraction of sp³-hybridized carbons (Fsp3) is 0.278. The molecule has 1 aliphatic heterocycles. The van der Waals surface area contributed by atoms with E-state index in [-0.39, 0.29) is 23.5 Å². The van der Waals surface area contributed by atoms with E-state index < -0.39 is 20.9 Å². The summed E-state index contributed by atoms with van der Waals surface area (Å²) >= 11 is 0. The lowest BCUT2D eigenvalue weighted by molar-refractivity contribution is -0.385. The van der Waals surface area contributed by atoms with E-state index in [1.165, 1.54) is 22.5 Å². The summed E-state index contributed by atoms with van der Waals surface area (Å²) in [6.45, 7) is 2.29. The van der Waals surface area contributed by atoms with Crippen molar-refractivity contribution < 1.29 is 18.1 Å². The lowest BCUT2D eigenvalue weighted by Crippen LogP contribution is -2.36. The van der Waals surface area contributed by atoms with Crippen LogP contribution < -0.4 is 5.32 Å². The number of carbonyl (C=O) groups is 1. The largest absolute Gasteiger partial charge is 0.322 e. The van der Waals surface area contributed by atoms with Crippen LogP contribution in [0.3, 0.4) is 0 Å². The van der Waals surface area contributed by atoms with Crippen molar-refractivity contribution in [2.24, 2.45) is 0 Å². The number of fused-ring (bicyclic) bond motifs is 1. The monoisotopic (exact) mass is 389 g/mol. The molecule has 0 radical (unpaired) electrons. The molecule has 2 aromatic rings. The van der Waals surface area contributed by atoms with Gasteiger partial charge in [0.25, 0.3) is 11.6 Å². The highest BCUT2D eigenvalue weighted by Crippen LogP contribution is 2.25. The van der Waals surface area contributed by atoms with Gasteiger partial charge in [0.1, 0.15) is 5.56 Å². The number of rotatable bonds is 5. The normalized spacial score (nSPS) is 14.4. The maximum Gasteiger partial charge on any atom is 0.282 e. The summed E-state index contributed by atoms with van der Waals surface area (Å²) in [5.74, 6) is -0.549. The van der Waals surface area contributed by atoms with Gasteiger partial charge in [-0.2, -0.15) is 4.31 Å². The van der Waals surface area contributed by atoms with Gasteiger partial charge in [-0.3, -0.25) is 14.9 Å². The van der Waals surface area contributed by atoms with Crippen molar-refractivity contribution in [3.63, 3.8) is 0 Å². The van der Waals surface area contributed by atoms with Crippen LogP contribution in [-0.4, -0.2) is 35.9 Å². The molecule has 0 aromatic heterocycles. The summed E-state index contributed by atoms with van der Waals surface area (Å²) in [7, 11) is -3.29. The van der Waals surface area contributed by atoms with Gasteiger partial charge in [-0.25, -0.2) is 8.42 Å². The molecule has 3 rings (SSSR count). The number of para-hydroxylation sites is 1. The number of nitro groups is 1. The fourth-order valence-corrected chi connectivity index (χ4v) is 4.12. The number of nitro benzene ring substituents is 1. The molecular weight excluding hydrogens is 370 g/mol. The number of hydrogen-bond donors (Lipinski definition) is 1. The summed E-state index contributed by atoms with van der Waals surface area (Å²) in [6, 6.07) is 11.0. The van der Waals surface area contributed by atoms with E-state index >= 15 is 0 Å². The molecule has 142 valence electrons. The van der Waals surface area contributed by atoms with Crippen LogP contribution in [0, 0.1) is 10.1 Å². The molecule has 0 bridgehead atoms. The second-order valence-corrected chi connectivity index (χ2v) is 8.45. The topological polar surface area (TPSA) is 110 Å². The second-order valence-electron chi connectivity index (χ2n) is 6.20. The van der Waals surface area contributed by atoms with Gasteiger partial charge in [0, 0.05) is 24.8 Å². The standard InChI is InChI=1S/C18H19N3O5S/c1-2-27(25,26)20-10-9-13-7-8-15(11-14(13)12-20)19-18(22)16-5-3-4-6-17(16)21(23)24/h3-8,11H,2,9-10,12H2,1H3,(H,19,22). The Morgan fingerprint density at radius 3 is 2.67 bits per heavy atom. The minimum atomic E-state index is -3.29. The summed E-state index contributed by atoms with van der Waals surface area (Å²) in [5.41, 5.74) is 2.01. The summed E-state index contributed by atoms with van der Waals surface area (Å²) in [5, 5.41) is 13.8. The molecule has 0 spiro atoms. The maximum absolute atomic E-state index is 12.5. The van der Waals surface area contributed by atoms with Gasteiger partial charge in [0.2, 0.25) is 10.0 Å². The minimum Gasteiger partial charge on any atom is -0.322 e. The zero-order valence-electron chi connectivity index (χ0n) is 14.7. The van der Waals surface area contributed by atoms with Gasteiger partial charge in [-0.15, -0.1) is 0 Å². The molecule has 8 nitrogen and oxygen atoms in total. The minimum absolute atomic E-state index is 0.0320. The van der Waals surface area contributed by atoms with Crippen LogP contribution in [-0.2, 0) is 23.0 Å². The number of sulfonamides is 1. The van der Waals surface area contributed by atoms with Crippen LogP contribution >= 0.6 is 0 Å². The lowest BCUT2D eigenvalue weighted by atomic mass is 10.0. The molecule has 0 fully saturated rings. The van der Waals surface area contributed by atoms with Crippen LogP contribution in [0.2, 0.25) is 0 Å². The number of benzene rings is 2. The van der Waals surface area contributed by atoms with E-state index in [9.17, 15) is 23.3 Å². The first-order valence-corrected chi connectivity index (χ1v) is 10.1. The Balaban J connectivity index is 1.83. The molecule has 2 aromatic carbocycles. The Bertz CT molecular complexity index is 1000. The lowest BCUT2D eigenvalue weighted by Gasteiger charge is -2.28. The average molecular weight is 389 g/mol. The zero-order chi connectivity index (χ0) is 19.6. The third kappa shape index (κ3) is 3.99. The molecule has 1 heterocycles. The van der Waals surface area contributed by atoms with Crippen LogP contribution in [0.1, 0.15) is 28.4 Å². The van der Waals surface area contributed by atoms with Crippen molar-refractivity contribution in [2.45, 2.75) is 19.9 Å². The van der Waals surface area contributed by atoms with Gasteiger partial charge in [0.15, 0.2) is 0 Å². The Kier molecular flexibility index (Phi) is 5.24. The quantitative estimate of drug-likeness (QED) is 0.624. The number of hydrogen-bond acceptors (Lipinski definition) is 5. The molecule has 27 heavy (non-hydrogen) atoms. The summed E-state index contributed by atoms with van der Waals surface area (Å²) in [4.78, 5) is 22.9. The van der Waals surface area contributed by atoms with Crippen LogP contribution in [0.4, 0.5) is 11.4 Å². The van der Waals surface area contributed by atoms with Crippen molar-refractivity contribution in [3.05, 3.63) is 69.3 Å². The highest BCUT2D eigenvalue weighted by atomic mass is 32.2. The average Bonchev–Trinajstić information content (AvgIpc) is 2.67. The van der Waals surface area contributed by atoms with E-state index in [0.717, 1.165) is 11.1 Å². The molecule has 9 heteroatoms.